The zero-order valence-corrected chi connectivity index (χ0v) is 16.3. The lowest BCUT2D eigenvalue weighted by atomic mass is 10.2. The Kier molecular flexibility index (Phi) is 9.61. The SMILES string of the molecule is CCNCC1CC1CNCCCCNCC1CC1CNCI. The minimum atomic E-state index is 0.942. The molecule has 0 aliphatic heterocycles. The first-order chi connectivity index (χ1) is 10.8. The summed E-state index contributed by atoms with van der Waals surface area (Å²) in [5.74, 6) is 3.78. The second kappa shape index (κ2) is 11.2. The summed E-state index contributed by atoms with van der Waals surface area (Å²) in [6.07, 6.45) is 5.47. The number of nitrogens with one attached hydrogen (secondary N) is 4. The summed E-state index contributed by atoms with van der Waals surface area (Å²) < 4.78 is 1.08. The van der Waals surface area contributed by atoms with Crippen LogP contribution >= 0.6 is 22.6 Å². The molecule has 4 N–H and O–H groups in total. The molecule has 2 rings (SSSR count). The van der Waals surface area contributed by atoms with Gasteiger partial charge in [-0.15, -0.1) is 0 Å². The van der Waals surface area contributed by atoms with Crippen LogP contribution in [0.4, 0.5) is 0 Å². The average Bonchev–Trinajstić information content (AvgIpc) is 3.43. The highest BCUT2D eigenvalue weighted by atomic mass is 127. The van der Waals surface area contributed by atoms with Crippen LogP contribution in [0.3, 0.4) is 0 Å². The van der Waals surface area contributed by atoms with Gasteiger partial charge in [-0.2, -0.15) is 0 Å². The average molecular weight is 422 g/mol. The van der Waals surface area contributed by atoms with Gasteiger partial charge >= 0.3 is 0 Å². The van der Waals surface area contributed by atoms with E-state index in [9.17, 15) is 0 Å². The number of halogens is 1. The largest absolute Gasteiger partial charge is 0.317 e. The van der Waals surface area contributed by atoms with Crippen LogP contribution in [0, 0.1) is 23.7 Å². The van der Waals surface area contributed by atoms with Crippen molar-refractivity contribution >= 4 is 22.6 Å². The Labute approximate surface area is 150 Å². The van der Waals surface area contributed by atoms with E-state index in [1.54, 1.807) is 0 Å². The zero-order chi connectivity index (χ0) is 15.6. The molecule has 0 bridgehead atoms. The first-order valence-corrected chi connectivity index (χ1v) is 10.8. The van der Waals surface area contributed by atoms with Crippen molar-refractivity contribution in [3.63, 3.8) is 0 Å². The van der Waals surface area contributed by atoms with Crippen LogP contribution in [0.15, 0.2) is 0 Å². The van der Waals surface area contributed by atoms with Crippen molar-refractivity contribution < 1.29 is 0 Å². The van der Waals surface area contributed by atoms with Gasteiger partial charge < -0.3 is 21.3 Å². The maximum absolute atomic E-state index is 3.63. The van der Waals surface area contributed by atoms with E-state index in [1.807, 2.05) is 0 Å². The van der Waals surface area contributed by atoms with E-state index < -0.39 is 0 Å². The van der Waals surface area contributed by atoms with E-state index in [0.717, 1.165) is 34.8 Å². The molecule has 2 aliphatic rings. The van der Waals surface area contributed by atoms with Gasteiger partial charge in [0.05, 0.1) is 0 Å². The number of hydrogen-bond donors (Lipinski definition) is 4. The minimum absolute atomic E-state index is 0.942. The smallest absolute Gasteiger partial charge is 0.0480 e. The molecule has 0 heterocycles. The molecule has 0 saturated heterocycles. The van der Waals surface area contributed by atoms with Crippen molar-refractivity contribution in [2.24, 2.45) is 23.7 Å². The van der Waals surface area contributed by atoms with Crippen molar-refractivity contribution in [1.82, 2.24) is 21.3 Å². The molecule has 0 aromatic carbocycles. The minimum Gasteiger partial charge on any atom is -0.317 e. The maximum Gasteiger partial charge on any atom is 0.0480 e. The van der Waals surface area contributed by atoms with E-state index in [2.05, 4.69) is 50.8 Å². The summed E-state index contributed by atoms with van der Waals surface area (Å²) in [5, 5.41) is 14.2. The van der Waals surface area contributed by atoms with E-state index in [4.69, 9.17) is 0 Å². The normalized spacial score (nSPS) is 29.7. The van der Waals surface area contributed by atoms with E-state index in [-0.39, 0.29) is 0 Å². The molecular weight excluding hydrogens is 387 g/mol. The number of unbranched alkanes of at least 4 members (excludes halogenated alkanes) is 1. The van der Waals surface area contributed by atoms with Crippen LogP contribution in [-0.2, 0) is 0 Å². The van der Waals surface area contributed by atoms with Crippen molar-refractivity contribution in [2.75, 3.05) is 50.4 Å². The van der Waals surface area contributed by atoms with Gasteiger partial charge in [0.1, 0.15) is 0 Å². The Morgan fingerprint density at radius 2 is 1.18 bits per heavy atom. The third kappa shape index (κ3) is 7.90. The summed E-state index contributed by atoms with van der Waals surface area (Å²) in [7, 11) is 0. The Hall–Kier alpha value is 0.570. The monoisotopic (exact) mass is 422 g/mol. The second-order valence-corrected chi connectivity index (χ2v) is 7.79. The van der Waals surface area contributed by atoms with Crippen molar-refractivity contribution in [3.05, 3.63) is 0 Å². The Morgan fingerprint density at radius 1 is 0.727 bits per heavy atom. The van der Waals surface area contributed by atoms with Crippen LogP contribution < -0.4 is 21.3 Å². The topological polar surface area (TPSA) is 48.1 Å². The Balaban J connectivity index is 1.28. The molecule has 4 nitrogen and oxygen atoms in total. The Morgan fingerprint density at radius 3 is 1.64 bits per heavy atom. The highest BCUT2D eigenvalue weighted by Crippen LogP contribution is 2.37. The summed E-state index contributed by atoms with van der Waals surface area (Å²) in [4.78, 5) is 0. The fourth-order valence-electron chi connectivity index (χ4n) is 3.27. The number of hydrogen-bond acceptors (Lipinski definition) is 4. The lowest BCUT2D eigenvalue weighted by Gasteiger charge is -2.06. The molecule has 0 aromatic heterocycles. The van der Waals surface area contributed by atoms with Gasteiger partial charge in [0.25, 0.3) is 0 Å². The van der Waals surface area contributed by atoms with Gasteiger partial charge in [-0.05, 0) is 95.2 Å². The van der Waals surface area contributed by atoms with Gasteiger partial charge in [-0.25, -0.2) is 0 Å². The highest BCUT2D eigenvalue weighted by molar-refractivity contribution is 14.1. The summed E-state index contributed by atoms with van der Waals surface area (Å²) >= 11 is 2.38. The molecule has 2 fully saturated rings. The van der Waals surface area contributed by atoms with Crippen LogP contribution in [0.1, 0.15) is 32.6 Å². The fourth-order valence-corrected chi connectivity index (χ4v) is 3.58. The fraction of sp³-hybridized carbons (Fsp3) is 1.00. The number of rotatable bonds is 15. The third-order valence-electron chi connectivity index (χ3n) is 5.07. The second-order valence-electron chi connectivity index (χ2n) is 7.02. The molecule has 4 unspecified atom stereocenters. The lowest BCUT2D eigenvalue weighted by Crippen LogP contribution is -2.24. The van der Waals surface area contributed by atoms with Crippen LogP contribution in [0.25, 0.3) is 0 Å². The summed E-state index contributed by atoms with van der Waals surface area (Å²) in [6, 6.07) is 0. The predicted octanol–water partition coefficient (Wildman–Crippen LogP) is 1.81. The predicted molar refractivity (Wildman–Crippen MR) is 104 cm³/mol. The molecule has 130 valence electrons. The third-order valence-corrected chi connectivity index (χ3v) is 5.61. The molecule has 4 atom stereocenters. The van der Waals surface area contributed by atoms with E-state index in [1.165, 1.54) is 65.0 Å². The van der Waals surface area contributed by atoms with E-state index >= 15 is 0 Å². The van der Waals surface area contributed by atoms with Crippen LogP contribution in [-0.4, -0.2) is 50.4 Å². The molecule has 0 radical (unpaired) electrons. The number of alkyl halides is 1. The molecule has 5 heteroatoms. The van der Waals surface area contributed by atoms with Gasteiger partial charge in [0, 0.05) is 4.55 Å². The van der Waals surface area contributed by atoms with Gasteiger partial charge in [-0.3, -0.25) is 0 Å². The summed E-state index contributed by atoms with van der Waals surface area (Å²) in [6.45, 7) is 10.6. The first kappa shape index (κ1) is 18.9. The zero-order valence-electron chi connectivity index (χ0n) is 14.2. The van der Waals surface area contributed by atoms with Crippen molar-refractivity contribution in [2.45, 2.75) is 32.6 Å². The van der Waals surface area contributed by atoms with Gasteiger partial charge in [-0.1, -0.05) is 29.5 Å². The maximum atomic E-state index is 3.63. The van der Waals surface area contributed by atoms with Gasteiger partial charge in [0.15, 0.2) is 0 Å². The molecule has 0 amide bonds. The molecular formula is C17H35IN4. The van der Waals surface area contributed by atoms with E-state index in [0.29, 0.717) is 0 Å². The molecule has 0 spiro atoms. The highest BCUT2D eigenvalue weighted by Gasteiger charge is 2.36. The van der Waals surface area contributed by atoms with Crippen LogP contribution in [0.2, 0.25) is 0 Å². The molecule has 2 aliphatic carbocycles. The Bertz CT molecular complexity index is 262. The summed E-state index contributed by atoms with van der Waals surface area (Å²) in [5.41, 5.74) is 0. The standard InChI is InChI=1S/C17H35IN4/c1-2-19-9-14-7-15(14)10-20-5-3-4-6-21-11-16-8-17(16)12-22-13-18/h14-17,19-22H,2-13H2,1H3. The molecule has 0 aromatic rings. The quantitative estimate of drug-likeness (QED) is 0.141. The van der Waals surface area contributed by atoms with Crippen molar-refractivity contribution in [1.29, 1.82) is 0 Å². The first-order valence-electron chi connectivity index (χ1n) is 9.24. The van der Waals surface area contributed by atoms with Gasteiger partial charge in [0.2, 0.25) is 0 Å². The lowest BCUT2D eigenvalue weighted by molar-refractivity contribution is 0.531. The molecule has 2 saturated carbocycles. The van der Waals surface area contributed by atoms with Crippen LogP contribution in [0.5, 0.6) is 0 Å². The molecule has 22 heavy (non-hydrogen) atoms. The van der Waals surface area contributed by atoms with Crippen molar-refractivity contribution in [3.8, 4) is 0 Å².